The van der Waals surface area contributed by atoms with E-state index in [1.165, 1.54) is 38.6 Å². The maximum atomic E-state index is 6.18. The third-order valence-corrected chi connectivity index (χ3v) is 4.57. The fourth-order valence-electron chi connectivity index (χ4n) is 4.11. The smallest absolute Gasteiger partial charge is 0.0231 e. The SMILES string of the molecule is CC(C)CC(CN(C)C)N1C2CCC1CC(N)C2. The van der Waals surface area contributed by atoms with Crippen molar-refractivity contribution in [3.63, 3.8) is 0 Å². The molecule has 0 amide bonds. The molecule has 106 valence electrons. The van der Waals surface area contributed by atoms with E-state index in [-0.39, 0.29) is 0 Å². The molecule has 3 atom stereocenters. The highest BCUT2D eigenvalue weighted by Gasteiger charge is 2.42. The van der Waals surface area contributed by atoms with Gasteiger partial charge in [0.1, 0.15) is 0 Å². The molecule has 2 aliphatic heterocycles. The van der Waals surface area contributed by atoms with E-state index in [0.29, 0.717) is 6.04 Å². The summed E-state index contributed by atoms with van der Waals surface area (Å²) in [6.07, 6.45) is 6.51. The van der Waals surface area contributed by atoms with Crippen LogP contribution >= 0.6 is 0 Å². The third-order valence-electron chi connectivity index (χ3n) is 4.57. The zero-order chi connectivity index (χ0) is 13.3. The molecule has 2 saturated heterocycles. The second kappa shape index (κ2) is 5.89. The van der Waals surface area contributed by atoms with E-state index in [9.17, 15) is 0 Å². The Bertz CT molecular complexity index is 240. The fourth-order valence-corrected chi connectivity index (χ4v) is 4.11. The molecule has 2 N–H and O–H groups in total. The highest BCUT2D eigenvalue weighted by molar-refractivity contribution is 4.99. The summed E-state index contributed by atoms with van der Waals surface area (Å²) in [5.74, 6) is 0.782. The van der Waals surface area contributed by atoms with Crippen LogP contribution in [-0.2, 0) is 0 Å². The van der Waals surface area contributed by atoms with Gasteiger partial charge in [0.25, 0.3) is 0 Å². The summed E-state index contributed by atoms with van der Waals surface area (Å²) in [5.41, 5.74) is 6.18. The van der Waals surface area contributed by atoms with Crippen LogP contribution in [0.5, 0.6) is 0 Å². The van der Waals surface area contributed by atoms with Crippen molar-refractivity contribution in [3.05, 3.63) is 0 Å². The van der Waals surface area contributed by atoms with E-state index in [2.05, 4.69) is 37.7 Å². The lowest BCUT2D eigenvalue weighted by Crippen LogP contribution is -2.54. The van der Waals surface area contributed by atoms with Crippen molar-refractivity contribution >= 4 is 0 Å². The van der Waals surface area contributed by atoms with Crippen LogP contribution in [0.1, 0.15) is 46.0 Å². The monoisotopic (exact) mass is 253 g/mol. The van der Waals surface area contributed by atoms with Crippen molar-refractivity contribution in [2.24, 2.45) is 11.7 Å². The fraction of sp³-hybridized carbons (Fsp3) is 1.00. The van der Waals surface area contributed by atoms with E-state index in [1.54, 1.807) is 0 Å². The van der Waals surface area contributed by atoms with Gasteiger partial charge in [0.2, 0.25) is 0 Å². The maximum Gasteiger partial charge on any atom is 0.0231 e. The van der Waals surface area contributed by atoms with Gasteiger partial charge in [-0.15, -0.1) is 0 Å². The lowest BCUT2D eigenvalue weighted by Gasteiger charge is -2.44. The minimum Gasteiger partial charge on any atom is -0.328 e. The van der Waals surface area contributed by atoms with Crippen LogP contribution in [0.2, 0.25) is 0 Å². The predicted octanol–water partition coefficient (Wildman–Crippen LogP) is 1.92. The number of piperidine rings is 1. The molecule has 3 heteroatoms. The van der Waals surface area contributed by atoms with Gasteiger partial charge >= 0.3 is 0 Å². The second-order valence-corrected chi connectivity index (χ2v) is 7.11. The molecule has 2 aliphatic rings. The molecule has 0 aromatic rings. The summed E-state index contributed by atoms with van der Waals surface area (Å²) >= 11 is 0. The summed E-state index contributed by atoms with van der Waals surface area (Å²) in [7, 11) is 4.40. The number of likely N-dealkylation sites (N-methyl/N-ethyl adjacent to an activating group) is 1. The van der Waals surface area contributed by atoms with Gasteiger partial charge in [-0.1, -0.05) is 13.8 Å². The molecule has 2 heterocycles. The Kier molecular flexibility index (Phi) is 4.68. The number of nitrogens with two attached hydrogens (primary N) is 1. The van der Waals surface area contributed by atoms with Gasteiger partial charge < -0.3 is 10.6 Å². The van der Waals surface area contributed by atoms with Crippen molar-refractivity contribution in [1.82, 2.24) is 9.80 Å². The number of hydrogen-bond acceptors (Lipinski definition) is 3. The first-order chi connectivity index (χ1) is 8.47. The van der Waals surface area contributed by atoms with Gasteiger partial charge in [0.05, 0.1) is 0 Å². The summed E-state index contributed by atoms with van der Waals surface area (Å²) in [6.45, 7) is 5.89. The van der Waals surface area contributed by atoms with Gasteiger partial charge in [-0.2, -0.15) is 0 Å². The van der Waals surface area contributed by atoms with E-state index >= 15 is 0 Å². The molecule has 0 aromatic carbocycles. The number of rotatable bonds is 5. The van der Waals surface area contributed by atoms with Crippen LogP contribution in [0.4, 0.5) is 0 Å². The number of fused-ring (bicyclic) bond motifs is 2. The normalized spacial score (nSPS) is 34.5. The average Bonchev–Trinajstić information content (AvgIpc) is 2.49. The second-order valence-electron chi connectivity index (χ2n) is 7.11. The lowest BCUT2D eigenvalue weighted by molar-refractivity contribution is 0.0527. The number of nitrogens with zero attached hydrogens (tertiary/aromatic N) is 2. The van der Waals surface area contributed by atoms with Crippen molar-refractivity contribution in [1.29, 1.82) is 0 Å². The summed E-state index contributed by atoms with van der Waals surface area (Å²) in [4.78, 5) is 5.18. The Balaban J connectivity index is 2.05. The molecule has 2 fully saturated rings. The highest BCUT2D eigenvalue weighted by Crippen LogP contribution is 2.37. The van der Waals surface area contributed by atoms with E-state index in [1.807, 2.05) is 0 Å². The van der Waals surface area contributed by atoms with Gasteiger partial charge in [-0.3, -0.25) is 4.90 Å². The minimum absolute atomic E-state index is 0.456. The summed E-state index contributed by atoms with van der Waals surface area (Å²) in [5, 5.41) is 0. The summed E-state index contributed by atoms with van der Waals surface area (Å²) < 4.78 is 0. The Morgan fingerprint density at radius 2 is 1.72 bits per heavy atom. The number of hydrogen-bond donors (Lipinski definition) is 1. The highest BCUT2D eigenvalue weighted by atomic mass is 15.3. The Hall–Kier alpha value is -0.120. The predicted molar refractivity (Wildman–Crippen MR) is 77.7 cm³/mol. The van der Waals surface area contributed by atoms with Crippen LogP contribution in [0, 0.1) is 5.92 Å². The third kappa shape index (κ3) is 3.25. The maximum absolute atomic E-state index is 6.18. The molecular formula is C15H31N3. The standard InChI is InChI=1S/C15H31N3/c1-11(2)7-15(10-17(3)4)18-13-5-6-14(18)9-12(16)8-13/h11-15H,5-10,16H2,1-4H3. The zero-order valence-electron chi connectivity index (χ0n) is 12.6. The topological polar surface area (TPSA) is 32.5 Å². The first-order valence-electron chi connectivity index (χ1n) is 7.65. The van der Waals surface area contributed by atoms with Gasteiger partial charge in [-0.05, 0) is 52.1 Å². The molecule has 0 aliphatic carbocycles. The molecular weight excluding hydrogens is 222 g/mol. The first-order valence-corrected chi connectivity index (χ1v) is 7.65. The lowest BCUT2D eigenvalue weighted by atomic mass is 9.93. The molecule has 0 spiro atoms. The first kappa shape index (κ1) is 14.3. The van der Waals surface area contributed by atoms with Crippen LogP contribution in [0.3, 0.4) is 0 Å². The van der Waals surface area contributed by atoms with Crippen LogP contribution in [-0.4, -0.2) is 54.6 Å². The largest absolute Gasteiger partial charge is 0.328 e. The van der Waals surface area contributed by atoms with Crippen molar-refractivity contribution in [3.8, 4) is 0 Å². The molecule has 2 rings (SSSR count). The van der Waals surface area contributed by atoms with Crippen molar-refractivity contribution in [2.45, 2.75) is 70.1 Å². The van der Waals surface area contributed by atoms with Crippen molar-refractivity contribution in [2.75, 3.05) is 20.6 Å². The molecule has 2 bridgehead atoms. The average molecular weight is 253 g/mol. The molecule has 0 aromatic heterocycles. The van der Waals surface area contributed by atoms with Crippen LogP contribution in [0.15, 0.2) is 0 Å². The van der Waals surface area contributed by atoms with Gasteiger partial charge in [0, 0.05) is 30.7 Å². The molecule has 0 saturated carbocycles. The minimum atomic E-state index is 0.456. The molecule has 3 nitrogen and oxygen atoms in total. The van der Waals surface area contributed by atoms with Crippen LogP contribution in [0.25, 0.3) is 0 Å². The molecule has 18 heavy (non-hydrogen) atoms. The summed E-state index contributed by atoms with van der Waals surface area (Å²) in [6, 6.07) is 2.72. The zero-order valence-corrected chi connectivity index (χ0v) is 12.6. The van der Waals surface area contributed by atoms with Crippen molar-refractivity contribution < 1.29 is 0 Å². The molecule has 3 unspecified atom stereocenters. The van der Waals surface area contributed by atoms with Gasteiger partial charge in [0.15, 0.2) is 0 Å². The Morgan fingerprint density at radius 3 is 2.17 bits per heavy atom. The Labute approximate surface area is 113 Å². The van der Waals surface area contributed by atoms with E-state index < -0.39 is 0 Å². The van der Waals surface area contributed by atoms with Gasteiger partial charge in [-0.25, -0.2) is 0 Å². The quantitative estimate of drug-likeness (QED) is 0.812. The molecule has 0 radical (unpaired) electrons. The van der Waals surface area contributed by atoms with E-state index in [4.69, 9.17) is 5.73 Å². The Morgan fingerprint density at radius 1 is 1.17 bits per heavy atom. The van der Waals surface area contributed by atoms with E-state index in [0.717, 1.165) is 24.0 Å². The van der Waals surface area contributed by atoms with Crippen LogP contribution < -0.4 is 5.73 Å².